The van der Waals surface area contributed by atoms with E-state index in [4.69, 9.17) is 0 Å². The average molecular weight is 853 g/mol. The van der Waals surface area contributed by atoms with Gasteiger partial charge in [-0.1, -0.05) is 129 Å². The third-order valence-corrected chi connectivity index (χ3v) is 16.7. The van der Waals surface area contributed by atoms with E-state index in [1.54, 1.807) is 0 Å². The summed E-state index contributed by atoms with van der Waals surface area (Å²) in [6.45, 7) is 12.8. The van der Waals surface area contributed by atoms with Gasteiger partial charge in [0.1, 0.15) is 0 Å². The van der Waals surface area contributed by atoms with E-state index in [-0.39, 0.29) is 5.41 Å². The number of benzene rings is 7. The third-order valence-electron chi connectivity index (χ3n) is 14.8. The first kappa shape index (κ1) is 40.1. The molecule has 2 saturated carbocycles. The van der Waals surface area contributed by atoms with E-state index in [1.807, 2.05) is 37.3 Å². The molecule has 1 unspecified atom stereocenters. The van der Waals surface area contributed by atoms with Gasteiger partial charge in [0.2, 0.25) is 9.84 Å². The van der Waals surface area contributed by atoms with Crippen LogP contribution < -0.4 is 4.90 Å². The minimum Gasteiger partial charge on any atom is -0.310 e. The molecule has 11 rings (SSSR count). The van der Waals surface area contributed by atoms with Crippen LogP contribution in [0.3, 0.4) is 0 Å². The average Bonchev–Trinajstić information content (AvgIpc) is 3.64. The van der Waals surface area contributed by atoms with Gasteiger partial charge >= 0.3 is 0 Å². The summed E-state index contributed by atoms with van der Waals surface area (Å²) in [6, 6.07) is 55.0. The number of fused-ring (bicyclic) bond motifs is 4. The van der Waals surface area contributed by atoms with Crippen molar-refractivity contribution in [2.75, 3.05) is 4.90 Å². The molecule has 7 aromatic carbocycles. The van der Waals surface area contributed by atoms with Crippen molar-refractivity contribution in [1.82, 2.24) is 4.57 Å². The Labute approximate surface area is 377 Å². The van der Waals surface area contributed by atoms with Gasteiger partial charge in [0.25, 0.3) is 0 Å². The highest BCUT2D eigenvalue weighted by Crippen LogP contribution is 2.64. The minimum absolute atomic E-state index is 0.319. The van der Waals surface area contributed by atoms with E-state index in [0.717, 1.165) is 98.2 Å². The fraction of sp³-hybridized carbons (Fsp3) is 0.186. The van der Waals surface area contributed by atoms with Crippen LogP contribution in [0.5, 0.6) is 0 Å². The van der Waals surface area contributed by atoms with Crippen LogP contribution in [-0.2, 0) is 15.3 Å². The maximum atomic E-state index is 15.1. The molecule has 5 atom stereocenters. The molecule has 0 N–H and O–H groups in total. The third kappa shape index (κ3) is 6.12. The molecule has 0 amide bonds. The van der Waals surface area contributed by atoms with Gasteiger partial charge in [-0.25, -0.2) is 8.42 Å². The van der Waals surface area contributed by atoms with E-state index in [0.29, 0.717) is 33.5 Å². The van der Waals surface area contributed by atoms with Crippen LogP contribution in [0, 0.1) is 23.7 Å². The van der Waals surface area contributed by atoms with Gasteiger partial charge in [-0.05, 0) is 156 Å². The van der Waals surface area contributed by atoms with Gasteiger partial charge in [0, 0.05) is 39.1 Å². The highest BCUT2D eigenvalue weighted by atomic mass is 32.2. The Morgan fingerprint density at radius 3 is 1.97 bits per heavy atom. The summed E-state index contributed by atoms with van der Waals surface area (Å²) in [5.74, 6) is 1.66. The van der Waals surface area contributed by atoms with Crippen LogP contribution in [0.15, 0.2) is 193 Å². The van der Waals surface area contributed by atoms with Crippen LogP contribution in [0.25, 0.3) is 50.6 Å². The number of hydrogen-bond acceptors (Lipinski definition) is 3. The molecule has 1 aromatic heterocycles. The number of anilines is 3. The molecule has 8 aromatic rings. The summed E-state index contributed by atoms with van der Waals surface area (Å²) in [4.78, 5) is 3.13. The number of hydrogen-bond donors (Lipinski definition) is 0. The fourth-order valence-corrected chi connectivity index (χ4v) is 14.1. The standard InChI is InChI=1S/C59H52N2O2S/c1-5-14-51-52-17-10-12-19-56(52)61(55(51)7-3)48-28-23-43(24-29-48)42-21-26-47(27-22-42)60(49-30-25-41-15-8-9-16-44(41)37-49)50-31-32-54-58(38-50)64(62,63)57-20-13-11-18-53(57)59(54)45-33-39(4)34-46(59)36-40(6-2)35-45/h5-32,37-40,45-46H,2-3,33-36H2,1,4H3/b14-5-/t39-,40+,45+,46-,59?. The Bertz CT molecular complexity index is 3270. The maximum Gasteiger partial charge on any atom is 0.207 e. The summed E-state index contributed by atoms with van der Waals surface area (Å²) >= 11 is 0. The molecule has 1 spiro atoms. The summed E-state index contributed by atoms with van der Waals surface area (Å²) in [5.41, 5.74) is 11.0. The highest BCUT2D eigenvalue weighted by molar-refractivity contribution is 7.91. The molecule has 2 bridgehead atoms. The Balaban J connectivity index is 1.02. The lowest BCUT2D eigenvalue weighted by Gasteiger charge is -2.59. The van der Waals surface area contributed by atoms with Gasteiger partial charge in [0.05, 0.1) is 21.0 Å². The molecule has 3 aliphatic rings. The Morgan fingerprint density at radius 2 is 1.25 bits per heavy atom. The minimum atomic E-state index is -3.84. The normalized spacial score (nSPS) is 22.0. The summed E-state index contributed by atoms with van der Waals surface area (Å²) in [6.07, 6.45) is 12.5. The van der Waals surface area contributed by atoms with Crippen molar-refractivity contribution in [3.8, 4) is 16.8 Å². The molecule has 1 aliphatic heterocycles. The first-order valence-electron chi connectivity index (χ1n) is 22.7. The molecule has 316 valence electrons. The molecule has 64 heavy (non-hydrogen) atoms. The second-order valence-corrected chi connectivity index (χ2v) is 20.2. The SMILES string of the molecule is C=Cc1c(/C=C\C)c2ccccc2n1-c1ccc(-c2ccc(N(c3ccc4c(c3)S(=O)(=O)c3ccccc3C43[C@@H]4C[C@H](C)C[C@H]3C[C@H](C=C)C4)c3ccc4ccccc4c3)cc2)cc1. The number of para-hydroxylation sites is 1. The van der Waals surface area contributed by atoms with Crippen LogP contribution in [0.1, 0.15) is 61.9 Å². The lowest BCUT2D eigenvalue weighted by molar-refractivity contribution is 0.0301. The molecule has 2 aliphatic carbocycles. The molecule has 2 fully saturated rings. The smallest absolute Gasteiger partial charge is 0.207 e. The molecule has 2 heterocycles. The van der Waals surface area contributed by atoms with E-state index >= 15 is 8.42 Å². The van der Waals surface area contributed by atoms with Crippen molar-refractivity contribution in [2.45, 2.75) is 54.7 Å². The number of aromatic nitrogens is 1. The number of sulfone groups is 1. The molecular weight excluding hydrogens is 801 g/mol. The first-order valence-corrected chi connectivity index (χ1v) is 24.2. The second-order valence-electron chi connectivity index (χ2n) is 18.3. The zero-order chi connectivity index (χ0) is 43.7. The second kappa shape index (κ2) is 15.5. The summed E-state index contributed by atoms with van der Waals surface area (Å²) in [7, 11) is -3.84. The predicted octanol–water partition coefficient (Wildman–Crippen LogP) is 15.3. The van der Waals surface area contributed by atoms with E-state index in [9.17, 15) is 0 Å². The van der Waals surface area contributed by atoms with Gasteiger partial charge in [0.15, 0.2) is 0 Å². The monoisotopic (exact) mass is 852 g/mol. The zero-order valence-electron chi connectivity index (χ0n) is 36.5. The van der Waals surface area contributed by atoms with Crippen molar-refractivity contribution in [1.29, 1.82) is 0 Å². The maximum absolute atomic E-state index is 15.1. The quantitative estimate of drug-likeness (QED) is 0.143. The van der Waals surface area contributed by atoms with Gasteiger partial charge in [-0.3, -0.25) is 0 Å². The molecule has 0 radical (unpaired) electrons. The lowest BCUT2D eigenvalue weighted by atomic mass is 9.46. The molecular formula is C59H52N2O2S. The Morgan fingerprint density at radius 1 is 0.641 bits per heavy atom. The molecule has 4 nitrogen and oxygen atoms in total. The number of allylic oxidation sites excluding steroid dienone is 2. The summed E-state index contributed by atoms with van der Waals surface area (Å²) < 4.78 is 32.4. The fourth-order valence-electron chi connectivity index (χ4n) is 12.2. The number of rotatable bonds is 8. The van der Waals surface area contributed by atoms with E-state index in [2.05, 4.69) is 181 Å². The Hall–Kier alpha value is -6.69. The van der Waals surface area contributed by atoms with Gasteiger partial charge < -0.3 is 9.47 Å². The van der Waals surface area contributed by atoms with Crippen LogP contribution >= 0.6 is 0 Å². The topological polar surface area (TPSA) is 42.3 Å². The first-order chi connectivity index (χ1) is 31.2. The van der Waals surface area contributed by atoms with Crippen molar-refractivity contribution in [3.63, 3.8) is 0 Å². The predicted molar refractivity (Wildman–Crippen MR) is 267 cm³/mol. The van der Waals surface area contributed by atoms with Crippen molar-refractivity contribution in [2.24, 2.45) is 23.7 Å². The highest BCUT2D eigenvalue weighted by Gasteiger charge is 2.59. The van der Waals surface area contributed by atoms with Gasteiger partial charge in [-0.15, -0.1) is 6.58 Å². The molecule has 5 heteroatoms. The lowest BCUT2D eigenvalue weighted by Crippen LogP contribution is -2.54. The Kier molecular flexibility index (Phi) is 9.73. The van der Waals surface area contributed by atoms with Crippen LogP contribution in [-0.4, -0.2) is 13.0 Å². The van der Waals surface area contributed by atoms with Crippen molar-refractivity contribution >= 4 is 60.7 Å². The summed E-state index contributed by atoms with van der Waals surface area (Å²) in [5, 5.41) is 3.47. The van der Waals surface area contributed by atoms with E-state index < -0.39 is 9.84 Å². The van der Waals surface area contributed by atoms with Crippen LogP contribution in [0.4, 0.5) is 17.1 Å². The number of nitrogens with zero attached hydrogens (tertiary/aromatic N) is 2. The zero-order valence-corrected chi connectivity index (χ0v) is 37.3. The molecule has 0 saturated heterocycles. The van der Waals surface area contributed by atoms with Crippen molar-refractivity contribution < 1.29 is 8.42 Å². The van der Waals surface area contributed by atoms with Gasteiger partial charge in [-0.2, -0.15) is 0 Å². The largest absolute Gasteiger partial charge is 0.310 e. The van der Waals surface area contributed by atoms with Crippen molar-refractivity contribution in [3.05, 3.63) is 205 Å². The van der Waals surface area contributed by atoms with Crippen LogP contribution in [0.2, 0.25) is 0 Å². The van der Waals surface area contributed by atoms with E-state index in [1.165, 1.54) is 5.39 Å².